The summed E-state index contributed by atoms with van der Waals surface area (Å²) in [5.41, 5.74) is 1.98. The van der Waals surface area contributed by atoms with Crippen molar-refractivity contribution in [3.8, 4) is 11.5 Å². The van der Waals surface area contributed by atoms with Gasteiger partial charge in [-0.3, -0.25) is 4.99 Å². The molecule has 0 spiro atoms. The van der Waals surface area contributed by atoms with Crippen LogP contribution in [0.15, 0.2) is 41.5 Å². The molecular formula is C21H29N5O2. The van der Waals surface area contributed by atoms with Crippen molar-refractivity contribution in [2.24, 2.45) is 4.99 Å². The van der Waals surface area contributed by atoms with Gasteiger partial charge >= 0.3 is 0 Å². The summed E-state index contributed by atoms with van der Waals surface area (Å²) in [6.45, 7) is 5.39. The molecule has 7 nitrogen and oxygen atoms in total. The highest BCUT2D eigenvalue weighted by molar-refractivity contribution is 5.93. The molecule has 0 unspecified atom stereocenters. The van der Waals surface area contributed by atoms with E-state index in [-0.39, 0.29) is 0 Å². The van der Waals surface area contributed by atoms with Crippen molar-refractivity contribution >= 4 is 17.5 Å². The van der Waals surface area contributed by atoms with Crippen molar-refractivity contribution in [1.29, 1.82) is 0 Å². The van der Waals surface area contributed by atoms with Crippen LogP contribution in [0.3, 0.4) is 0 Å². The minimum atomic E-state index is 0.594. The quantitative estimate of drug-likeness (QED) is 0.565. The number of rotatable bonds is 7. The third-order valence-electron chi connectivity index (χ3n) is 4.65. The van der Waals surface area contributed by atoms with Crippen molar-refractivity contribution < 1.29 is 9.47 Å². The summed E-state index contributed by atoms with van der Waals surface area (Å²) in [4.78, 5) is 11.2. The van der Waals surface area contributed by atoms with Gasteiger partial charge in [-0.15, -0.1) is 0 Å². The molecule has 3 rings (SSSR count). The standard InChI is InChI=1S/C21H29N5O2/c1-4-28-18-9-8-17(13-19(18)27-3)25-21(22-2)24-15-16-7-10-20(23-14-16)26-11-5-6-12-26/h7-10,13-14H,4-6,11-12,15H2,1-3H3,(H2,22,24,25). The predicted octanol–water partition coefficient (Wildman–Crippen LogP) is 3.28. The summed E-state index contributed by atoms with van der Waals surface area (Å²) in [7, 11) is 3.38. The third-order valence-corrected chi connectivity index (χ3v) is 4.65. The van der Waals surface area contributed by atoms with E-state index in [0.717, 1.165) is 35.9 Å². The first-order valence-electron chi connectivity index (χ1n) is 9.72. The van der Waals surface area contributed by atoms with Crippen LogP contribution in [0, 0.1) is 0 Å². The molecule has 2 aromatic rings. The zero-order valence-corrected chi connectivity index (χ0v) is 16.9. The van der Waals surface area contributed by atoms with Crippen molar-refractivity contribution in [2.45, 2.75) is 26.3 Å². The number of pyridine rings is 1. The number of hydrogen-bond donors (Lipinski definition) is 2. The van der Waals surface area contributed by atoms with Gasteiger partial charge in [-0.2, -0.15) is 0 Å². The van der Waals surface area contributed by atoms with Crippen LogP contribution in [-0.2, 0) is 6.54 Å². The number of aromatic nitrogens is 1. The Morgan fingerprint density at radius 2 is 2.00 bits per heavy atom. The van der Waals surface area contributed by atoms with E-state index in [4.69, 9.17) is 9.47 Å². The Kier molecular flexibility index (Phi) is 6.94. The molecule has 7 heteroatoms. The van der Waals surface area contributed by atoms with Crippen LogP contribution in [0.2, 0.25) is 0 Å². The van der Waals surface area contributed by atoms with Gasteiger partial charge in [0, 0.05) is 44.6 Å². The number of anilines is 2. The maximum absolute atomic E-state index is 5.56. The second-order valence-corrected chi connectivity index (χ2v) is 6.57. The lowest BCUT2D eigenvalue weighted by Gasteiger charge is -2.17. The molecule has 0 saturated carbocycles. The molecule has 2 heterocycles. The highest BCUT2D eigenvalue weighted by Gasteiger charge is 2.13. The number of aliphatic imine (C=N–C) groups is 1. The number of ether oxygens (including phenoxy) is 2. The van der Waals surface area contributed by atoms with Crippen LogP contribution in [0.4, 0.5) is 11.5 Å². The fraction of sp³-hybridized carbons (Fsp3) is 0.429. The summed E-state index contributed by atoms with van der Waals surface area (Å²) < 4.78 is 11.0. The van der Waals surface area contributed by atoms with E-state index < -0.39 is 0 Å². The first-order chi connectivity index (χ1) is 13.7. The summed E-state index contributed by atoms with van der Waals surface area (Å²) >= 11 is 0. The average molecular weight is 383 g/mol. The van der Waals surface area contributed by atoms with Gasteiger partial charge in [0.2, 0.25) is 0 Å². The fourth-order valence-corrected chi connectivity index (χ4v) is 3.18. The highest BCUT2D eigenvalue weighted by Crippen LogP contribution is 2.30. The fourth-order valence-electron chi connectivity index (χ4n) is 3.18. The van der Waals surface area contributed by atoms with E-state index in [0.29, 0.717) is 24.9 Å². The van der Waals surface area contributed by atoms with E-state index in [1.165, 1.54) is 12.8 Å². The Bertz CT molecular complexity index is 786. The van der Waals surface area contributed by atoms with E-state index in [1.807, 2.05) is 31.3 Å². The highest BCUT2D eigenvalue weighted by atomic mass is 16.5. The SMILES string of the molecule is CCOc1ccc(NC(=NC)NCc2ccc(N3CCCC3)nc2)cc1OC. The van der Waals surface area contributed by atoms with Gasteiger partial charge in [0.1, 0.15) is 5.82 Å². The molecule has 2 N–H and O–H groups in total. The van der Waals surface area contributed by atoms with Crippen molar-refractivity contribution in [1.82, 2.24) is 10.3 Å². The molecule has 1 fully saturated rings. The normalized spacial score (nSPS) is 14.1. The number of nitrogens with one attached hydrogen (secondary N) is 2. The van der Waals surface area contributed by atoms with Crippen LogP contribution in [-0.4, -0.2) is 44.8 Å². The monoisotopic (exact) mass is 383 g/mol. The van der Waals surface area contributed by atoms with Gasteiger partial charge in [0.05, 0.1) is 13.7 Å². The number of guanidine groups is 1. The first-order valence-corrected chi connectivity index (χ1v) is 9.72. The maximum atomic E-state index is 5.56. The van der Waals surface area contributed by atoms with Crippen molar-refractivity contribution in [3.05, 3.63) is 42.1 Å². The Balaban J connectivity index is 1.57. The largest absolute Gasteiger partial charge is 0.493 e. The summed E-state index contributed by atoms with van der Waals surface area (Å²) in [5, 5.41) is 6.59. The molecule has 1 saturated heterocycles. The zero-order valence-electron chi connectivity index (χ0n) is 16.9. The molecule has 1 aliphatic heterocycles. The minimum Gasteiger partial charge on any atom is -0.493 e. The molecular weight excluding hydrogens is 354 g/mol. The van der Waals surface area contributed by atoms with Gasteiger partial charge < -0.3 is 25.0 Å². The molecule has 1 aromatic carbocycles. The number of methoxy groups -OCH3 is 1. The average Bonchev–Trinajstić information content (AvgIpc) is 3.27. The second kappa shape index (κ2) is 9.82. The van der Waals surface area contributed by atoms with Crippen LogP contribution in [0.5, 0.6) is 11.5 Å². The Morgan fingerprint density at radius 1 is 1.18 bits per heavy atom. The third kappa shape index (κ3) is 5.06. The summed E-state index contributed by atoms with van der Waals surface area (Å²) in [6.07, 6.45) is 4.43. The van der Waals surface area contributed by atoms with Crippen LogP contribution in [0.1, 0.15) is 25.3 Å². The van der Waals surface area contributed by atoms with Crippen molar-refractivity contribution in [2.75, 3.05) is 44.1 Å². The van der Waals surface area contributed by atoms with E-state index in [1.54, 1.807) is 14.2 Å². The minimum absolute atomic E-state index is 0.594. The van der Waals surface area contributed by atoms with E-state index in [9.17, 15) is 0 Å². The molecule has 1 aromatic heterocycles. The topological polar surface area (TPSA) is 71.0 Å². The summed E-state index contributed by atoms with van der Waals surface area (Å²) in [6, 6.07) is 9.92. The molecule has 0 radical (unpaired) electrons. The van der Waals surface area contributed by atoms with Gasteiger partial charge in [-0.25, -0.2) is 4.98 Å². The van der Waals surface area contributed by atoms with Gasteiger partial charge in [0.15, 0.2) is 17.5 Å². The first kappa shape index (κ1) is 19.8. The molecule has 0 atom stereocenters. The van der Waals surface area contributed by atoms with Gasteiger partial charge in [-0.1, -0.05) is 6.07 Å². The van der Waals surface area contributed by atoms with Gasteiger partial charge in [-0.05, 0) is 43.5 Å². The maximum Gasteiger partial charge on any atom is 0.195 e. The van der Waals surface area contributed by atoms with Crippen molar-refractivity contribution in [3.63, 3.8) is 0 Å². The van der Waals surface area contributed by atoms with E-state index >= 15 is 0 Å². The Hall–Kier alpha value is -2.96. The zero-order chi connectivity index (χ0) is 19.8. The molecule has 1 aliphatic rings. The summed E-state index contributed by atoms with van der Waals surface area (Å²) in [5.74, 6) is 3.15. The number of benzene rings is 1. The Labute approximate surface area is 166 Å². The van der Waals surface area contributed by atoms with Gasteiger partial charge in [0.25, 0.3) is 0 Å². The lowest BCUT2D eigenvalue weighted by atomic mass is 10.2. The van der Waals surface area contributed by atoms with E-state index in [2.05, 4.69) is 37.6 Å². The smallest absolute Gasteiger partial charge is 0.195 e. The number of nitrogens with zero attached hydrogens (tertiary/aromatic N) is 3. The van der Waals surface area contributed by atoms with Crippen LogP contribution in [0.25, 0.3) is 0 Å². The molecule has 0 bridgehead atoms. The lowest BCUT2D eigenvalue weighted by Crippen LogP contribution is -2.30. The van der Waals surface area contributed by atoms with Crippen LogP contribution >= 0.6 is 0 Å². The lowest BCUT2D eigenvalue weighted by molar-refractivity contribution is 0.311. The van der Waals surface area contributed by atoms with Crippen LogP contribution < -0.4 is 25.0 Å². The Morgan fingerprint density at radius 3 is 2.64 bits per heavy atom. The molecule has 0 aliphatic carbocycles. The molecule has 150 valence electrons. The predicted molar refractivity (Wildman–Crippen MR) is 114 cm³/mol. The number of hydrogen-bond acceptors (Lipinski definition) is 5. The molecule has 28 heavy (non-hydrogen) atoms. The molecule has 0 amide bonds. The second-order valence-electron chi connectivity index (χ2n) is 6.57.